The van der Waals surface area contributed by atoms with Crippen LogP contribution in [0.25, 0.3) is 16.7 Å². The minimum absolute atomic E-state index is 0.0126. The van der Waals surface area contributed by atoms with Gasteiger partial charge in [0.1, 0.15) is 11.5 Å². The molecule has 0 aliphatic rings. The van der Waals surface area contributed by atoms with Crippen LogP contribution in [-0.2, 0) is 29.1 Å². The van der Waals surface area contributed by atoms with Crippen LogP contribution in [0.15, 0.2) is 36.9 Å². The highest BCUT2D eigenvalue weighted by atomic mass is 31.2. The van der Waals surface area contributed by atoms with Crippen molar-refractivity contribution in [3.8, 4) is 22.6 Å². The number of phenolic OH excluding ortho intramolecular Hbond substituents is 1. The minimum atomic E-state index is -3.99. The van der Waals surface area contributed by atoms with Crippen LogP contribution in [0.2, 0.25) is 0 Å². The molecule has 0 fully saturated rings. The first-order valence-electron chi connectivity index (χ1n) is 11.2. The van der Waals surface area contributed by atoms with Gasteiger partial charge >= 0.3 is 15.2 Å². The number of rotatable bonds is 13. The Labute approximate surface area is 203 Å². The number of benzene rings is 2. The van der Waals surface area contributed by atoms with E-state index in [2.05, 4.69) is 13.5 Å². The Morgan fingerprint density at radius 3 is 2.21 bits per heavy atom. The van der Waals surface area contributed by atoms with E-state index in [0.29, 0.717) is 17.5 Å². The SMILES string of the molecule is C=C(C)c1ccc(C)cc1-c1c(O)cc(CCCCC)cc1OP(=O)(CP(=O)(OC)OC)OC. The fourth-order valence-corrected chi connectivity index (χ4v) is 7.62. The van der Waals surface area contributed by atoms with Crippen molar-refractivity contribution < 1.29 is 32.3 Å². The largest absolute Gasteiger partial charge is 0.507 e. The Morgan fingerprint density at radius 2 is 1.65 bits per heavy atom. The summed E-state index contributed by atoms with van der Waals surface area (Å²) in [6.07, 6.45) is 3.74. The summed E-state index contributed by atoms with van der Waals surface area (Å²) in [5.74, 6) is -0.421. The van der Waals surface area contributed by atoms with Crippen LogP contribution in [0.5, 0.6) is 11.5 Å². The van der Waals surface area contributed by atoms with Gasteiger partial charge in [-0.25, -0.2) is 4.57 Å². The highest BCUT2D eigenvalue weighted by molar-refractivity contribution is 7.71. The quantitative estimate of drug-likeness (QED) is 0.217. The second-order valence-electron chi connectivity index (χ2n) is 8.28. The van der Waals surface area contributed by atoms with Gasteiger partial charge in [0.25, 0.3) is 0 Å². The molecule has 1 unspecified atom stereocenters. The zero-order chi connectivity index (χ0) is 25.5. The topological polar surface area (TPSA) is 91.3 Å². The molecule has 2 aromatic rings. The maximum absolute atomic E-state index is 13.6. The molecule has 0 aliphatic heterocycles. The normalized spacial score (nSPS) is 13.5. The molecule has 188 valence electrons. The molecule has 0 saturated carbocycles. The van der Waals surface area contributed by atoms with Crippen molar-refractivity contribution in [3.05, 3.63) is 53.6 Å². The van der Waals surface area contributed by atoms with Gasteiger partial charge in [-0.05, 0) is 55.5 Å². The average Bonchev–Trinajstić information content (AvgIpc) is 2.78. The maximum atomic E-state index is 13.6. The summed E-state index contributed by atoms with van der Waals surface area (Å²) in [6, 6.07) is 9.25. The first-order valence-corrected chi connectivity index (χ1v) is 14.6. The Morgan fingerprint density at radius 1 is 1.00 bits per heavy atom. The fraction of sp³-hybridized carbons (Fsp3) is 0.440. The second-order valence-corrected chi connectivity index (χ2v) is 13.1. The maximum Gasteiger partial charge on any atom is 0.391 e. The van der Waals surface area contributed by atoms with Crippen LogP contribution in [0, 0.1) is 6.92 Å². The van der Waals surface area contributed by atoms with Gasteiger partial charge in [-0.3, -0.25) is 4.57 Å². The van der Waals surface area contributed by atoms with Crippen LogP contribution < -0.4 is 4.52 Å². The zero-order valence-electron chi connectivity index (χ0n) is 20.9. The fourth-order valence-electron chi connectivity index (χ4n) is 3.64. The molecule has 2 aromatic carbocycles. The molecule has 7 nitrogen and oxygen atoms in total. The Balaban J connectivity index is 2.71. The van der Waals surface area contributed by atoms with Gasteiger partial charge in [-0.15, -0.1) is 0 Å². The molecular weight excluding hydrogens is 474 g/mol. The third-order valence-electron chi connectivity index (χ3n) is 5.53. The summed E-state index contributed by atoms with van der Waals surface area (Å²) < 4.78 is 47.4. The van der Waals surface area contributed by atoms with Crippen molar-refractivity contribution >= 4 is 20.8 Å². The molecule has 34 heavy (non-hydrogen) atoms. The van der Waals surface area contributed by atoms with E-state index in [1.807, 2.05) is 32.0 Å². The van der Waals surface area contributed by atoms with E-state index in [-0.39, 0.29) is 11.5 Å². The van der Waals surface area contributed by atoms with Crippen molar-refractivity contribution in [1.82, 2.24) is 0 Å². The second kappa shape index (κ2) is 12.2. The van der Waals surface area contributed by atoms with Crippen LogP contribution >= 0.6 is 15.2 Å². The Bertz CT molecular complexity index is 1100. The number of hydrogen-bond donors (Lipinski definition) is 1. The lowest BCUT2D eigenvalue weighted by Crippen LogP contribution is -2.05. The Hall–Kier alpha value is -1.88. The molecule has 0 saturated heterocycles. The average molecular weight is 511 g/mol. The van der Waals surface area contributed by atoms with E-state index < -0.39 is 21.1 Å². The van der Waals surface area contributed by atoms with E-state index in [0.717, 1.165) is 41.5 Å². The first kappa shape index (κ1) is 28.4. The van der Waals surface area contributed by atoms with Gasteiger partial charge in [-0.1, -0.05) is 55.7 Å². The van der Waals surface area contributed by atoms with E-state index in [9.17, 15) is 14.2 Å². The molecule has 0 bridgehead atoms. The van der Waals surface area contributed by atoms with Gasteiger partial charge in [0.05, 0.1) is 5.56 Å². The number of unbranched alkanes of at least 4 members (excludes halogenated alkanes) is 2. The van der Waals surface area contributed by atoms with Crippen LogP contribution in [0.1, 0.15) is 49.8 Å². The van der Waals surface area contributed by atoms with Gasteiger partial charge < -0.3 is 23.2 Å². The highest BCUT2D eigenvalue weighted by Gasteiger charge is 2.39. The molecule has 0 amide bonds. The van der Waals surface area contributed by atoms with E-state index in [1.165, 1.54) is 21.3 Å². The molecule has 1 N–H and O–H groups in total. The molecule has 1 atom stereocenters. The number of phenols is 1. The molecule has 0 heterocycles. The summed E-state index contributed by atoms with van der Waals surface area (Å²) in [4.78, 5) is 0. The van der Waals surface area contributed by atoms with Crippen LogP contribution in [0.4, 0.5) is 0 Å². The molecule has 0 spiro atoms. The molecule has 9 heteroatoms. The van der Waals surface area contributed by atoms with Crippen molar-refractivity contribution in [2.24, 2.45) is 0 Å². The predicted molar refractivity (Wildman–Crippen MR) is 138 cm³/mol. The van der Waals surface area contributed by atoms with Gasteiger partial charge in [0, 0.05) is 21.3 Å². The van der Waals surface area contributed by atoms with E-state index in [1.54, 1.807) is 12.1 Å². The van der Waals surface area contributed by atoms with E-state index >= 15 is 0 Å². The minimum Gasteiger partial charge on any atom is -0.507 e. The molecule has 0 aromatic heterocycles. The van der Waals surface area contributed by atoms with Gasteiger partial charge in [0.15, 0.2) is 5.90 Å². The van der Waals surface area contributed by atoms with Crippen molar-refractivity contribution in [2.45, 2.75) is 46.5 Å². The summed E-state index contributed by atoms with van der Waals surface area (Å²) in [5, 5.41) is 11.1. The zero-order valence-corrected chi connectivity index (χ0v) is 22.7. The third-order valence-corrected chi connectivity index (χ3v) is 10.4. The molecular formula is C25H36O7P2. The van der Waals surface area contributed by atoms with Crippen molar-refractivity contribution in [1.29, 1.82) is 0 Å². The third kappa shape index (κ3) is 7.07. The molecule has 0 radical (unpaired) electrons. The summed E-state index contributed by atoms with van der Waals surface area (Å²) in [5.41, 5.74) is 4.46. The predicted octanol–water partition coefficient (Wildman–Crippen LogP) is 7.80. The number of aryl methyl sites for hydroxylation is 2. The standard InChI is InChI=1S/C25H36O7P2/c1-8-9-10-11-20-15-23(26)25(22-14-19(4)12-13-21(22)18(2)3)24(16-20)32-34(28,31-7)17-33(27,29-5)30-6/h12-16,26H,2,8-11,17H2,1,3-7H3. The lowest BCUT2D eigenvalue weighted by Gasteiger charge is -2.24. The van der Waals surface area contributed by atoms with Crippen LogP contribution in [0.3, 0.4) is 0 Å². The summed E-state index contributed by atoms with van der Waals surface area (Å²) in [6.45, 7) is 9.99. The van der Waals surface area contributed by atoms with Crippen LogP contribution in [-0.4, -0.2) is 32.3 Å². The van der Waals surface area contributed by atoms with E-state index in [4.69, 9.17) is 18.1 Å². The number of hydrogen-bond acceptors (Lipinski definition) is 7. The highest BCUT2D eigenvalue weighted by Crippen LogP contribution is 2.63. The lowest BCUT2D eigenvalue weighted by molar-refractivity contribution is 0.273. The summed E-state index contributed by atoms with van der Waals surface area (Å²) >= 11 is 0. The Kier molecular flexibility index (Phi) is 10.2. The number of aromatic hydroxyl groups is 1. The lowest BCUT2D eigenvalue weighted by atomic mass is 9.91. The molecule has 2 rings (SSSR count). The van der Waals surface area contributed by atoms with Gasteiger partial charge in [-0.2, -0.15) is 0 Å². The summed E-state index contributed by atoms with van der Waals surface area (Å²) in [7, 11) is -4.07. The van der Waals surface area contributed by atoms with Crippen molar-refractivity contribution in [2.75, 3.05) is 27.2 Å². The monoisotopic (exact) mass is 510 g/mol. The van der Waals surface area contributed by atoms with Crippen molar-refractivity contribution in [3.63, 3.8) is 0 Å². The van der Waals surface area contributed by atoms with Gasteiger partial charge in [0.2, 0.25) is 0 Å². The smallest absolute Gasteiger partial charge is 0.391 e. The first-order chi connectivity index (χ1) is 16.0. The molecule has 0 aliphatic carbocycles. The number of allylic oxidation sites excluding steroid dienone is 1.